The summed E-state index contributed by atoms with van der Waals surface area (Å²) in [5.74, 6) is 0.758. The molecule has 1 rings (SSSR count). The Kier molecular flexibility index (Phi) is 2.26. The van der Waals surface area contributed by atoms with Crippen LogP contribution in [-0.2, 0) is 0 Å². The van der Waals surface area contributed by atoms with Crippen LogP contribution in [0.1, 0.15) is 13.8 Å². The van der Waals surface area contributed by atoms with E-state index in [1.54, 1.807) is 0 Å². The van der Waals surface area contributed by atoms with Crippen LogP contribution in [0.2, 0.25) is 0 Å². The van der Waals surface area contributed by atoms with Crippen LogP contribution in [0.15, 0.2) is 0 Å². The average Bonchev–Trinajstić information content (AvgIpc) is 1.78. The summed E-state index contributed by atoms with van der Waals surface area (Å²) in [6.45, 7) is 7.06. The summed E-state index contributed by atoms with van der Waals surface area (Å²) in [5.41, 5.74) is 0.453. The number of nitrogens with zero attached hydrogens (tertiary/aromatic N) is 2. The summed E-state index contributed by atoms with van der Waals surface area (Å²) >= 11 is 0. The predicted molar refractivity (Wildman–Crippen MR) is 48.8 cm³/mol. The van der Waals surface area contributed by atoms with Gasteiger partial charge in [0.1, 0.15) is 0 Å². The van der Waals surface area contributed by atoms with Gasteiger partial charge >= 0.3 is 0 Å². The van der Waals surface area contributed by atoms with Gasteiger partial charge in [-0.05, 0) is 27.1 Å². The van der Waals surface area contributed by atoms with Crippen molar-refractivity contribution in [2.75, 3.05) is 34.2 Å². The number of likely N-dealkylation sites (tertiary alicyclic amines) is 1. The molecule has 0 aromatic heterocycles. The van der Waals surface area contributed by atoms with Gasteiger partial charge in [0.05, 0.1) is 0 Å². The minimum Gasteiger partial charge on any atom is -0.303 e. The van der Waals surface area contributed by atoms with E-state index in [2.05, 4.69) is 44.8 Å². The lowest BCUT2D eigenvalue weighted by molar-refractivity contribution is -0.0470. The smallest absolute Gasteiger partial charge is 0.0480 e. The van der Waals surface area contributed by atoms with E-state index >= 15 is 0 Å². The Balaban J connectivity index is 2.61. The summed E-state index contributed by atoms with van der Waals surface area (Å²) in [6, 6.07) is 0. The van der Waals surface area contributed by atoms with Crippen molar-refractivity contribution in [3.8, 4) is 0 Å². The van der Waals surface area contributed by atoms with Gasteiger partial charge in [0.15, 0.2) is 0 Å². The second-order valence-corrected chi connectivity index (χ2v) is 4.32. The highest BCUT2D eigenvalue weighted by atomic mass is 15.3. The molecule has 0 spiro atoms. The second-order valence-electron chi connectivity index (χ2n) is 4.32. The SMILES string of the molecule is CC(C)C1(N(C)C)CN(C)C1. The van der Waals surface area contributed by atoms with Crippen molar-refractivity contribution in [3.05, 3.63) is 0 Å². The quantitative estimate of drug-likeness (QED) is 0.586. The standard InChI is InChI=1S/C9H20N2/c1-8(2)9(10(3)4)6-11(5)7-9/h8H,6-7H2,1-5H3. The van der Waals surface area contributed by atoms with Gasteiger partial charge in [0.25, 0.3) is 0 Å². The average molecular weight is 156 g/mol. The Morgan fingerprint density at radius 1 is 1.27 bits per heavy atom. The molecule has 0 unspecified atom stereocenters. The van der Waals surface area contributed by atoms with E-state index in [-0.39, 0.29) is 0 Å². The van der Waals surface area contributed by atoms with Gasteiger partial charge in [-0.15, -0.1) is 0 Å². The fourth-order valence-electron chi connectivity index (χ4n) is 2.05. The molecule has 0 radical (unpaired) electrons. The van der Waals surface area contributed by atoms with E-state index in [9.17, 15) is 0 Å². The maximum absolute atomic E-state index is 2.38. The van der Waals surface area contributed by atoms with Gasteiger partial charge in [0, 0.05) is 18.6 Å². The Morgan fingerprint density at radius 3 is 1.82 bits per heavy atom. The first-order valence-electron chi connectivity index (χ1n) is 4.35. The van der Waals surface area contributed by atoms with Gasteiger partial charge in [-0.3, -0.25) is 0 Å². The number of likely N-dealkylation sites (N-methyl/N-ethyl adjacent to an activating group) is 2. The van der Waals surface area contributed by atoms with Crippen LogP contribution in [-0.4, -0.2) is 49.6 Å². The topological polar surface area (TPSA) is 6.48 Å². The third kappa shape index (κ3) is 1.30. The van der Waals surface area contributed by atoms with Crippen molar-refractivity contribution in [2.24, 2.45) is 5.92 Å². The molecule has 1 aliphatic rings. The normalized spacial score (nSPS) is 24.3. The largest absolute Gasteiger partial charge is 0.303 e. The summed E-state index contributed by atoms with van der Waals surface area (Å²) in [5, 5.41) is 0. The van der Waals surface area contributed by atoms with E-state index in [1.807, 2.05) is 0 Å². The summed E-state index contributed by atoms with van der Waals surface area (Å²) in [4.78, 5) is 4.75. The Hall–Kier alpha value is -0.0800. The van der Waals surface area contributed by atoms with E-state index < -0.39 is 0 Å². The Labute approximate surface area is 70.2 Å². The highest BCUT2D eigenvalue weighted by Gasteiger charge is 2.45. The zero-order chi connectivity index (χ0) is 8.65. The number of hydrogen-bond acceptors (Lipinski definition) is 2. The lowest BCUT2D eigenvalue weighted by atomic mass is 9.78. The molecule has 2 heteroatoms. The van der Waals surface area contributed by atoms with Crippen molar-refractivity contribution in [2.45, 2.75) is 19.4 Å². The van der Waals surface area contributed by atoms with Crippen molar-refractivity contribution >= 4 is 0 Å². The summed E-state index contributed by atoms with van der Waals surface area (Å²) in [6.07, 6.45) is 0. The lowest BCUT2D eigenvalue weighted by Crippen LogP contribution is -2.69. The third-order valence-electron chi connectivity index (χ3n) is 3.05. The van der Waals surface area contributed by atoms with Gasteiger partial charge in [-0.25, -0.2) is 0 Å². The van der Waals surface area contributed by atoms with Crippen molar-refractivity contribution in [3.63, 3.8) is 0 Å². The third-order valence-corrected chi connectivity index (χ3v) is 3.05. The first-order valence-corrected chi connectivity index (χ1v) is 4.35. The molecule has 1 fully saturated rings. The second kappa shape index (κ2) is 2.76. The molecule has 0 aromatic rings. The van der Waals surface area contributed by atoms with E-state index in [0.29, 0.717) is 5.54 Å². The molecule has 0 saturated carbocycles. The fourth-order valence-corrected chi connectivity index (χ4v) is 2.05. The van der Waals surface area contributed by atoms with E-state index in [0.717, 1.165) is 5.92 Å². The molecule has 0 aromatic carbocycles. The van der Waals surface area contributed by atoms with Crippen LogP contribution in [0.3, 0.4) is 0 Å². The summed E-state index contributed by atoms with van der Waals surface area (Å²) in [7, 11) is 6.56. The molecule has 0 bridgehead atoms. The van der Waals surface area contributed by atoms with Crippen molar-refractivity contribution < 1.29 is 0 Å². The van der Waals surface area contributed by atoms with Crippen molar-refractivity contribution in [1.82, 2.24) is 9.80 Å². The van der Waals surface area contributed by atoms with Crippen LogP contribution < -0.4 is 0 Å². The molecule has 0 aliphatic carbocycles. The lowest BCUT2D eigenvalue weighted by Gasteiger charge is -2.55. The van der Waals surface area contributed by atoms with Crippen LogP contribution in [0.5, 0.6) is 0 Å². The van der Waals surface area contributed by atoms with Crippen LogP contribution in [0.25, 0.3) is 0 Å². The molecule has 1 saturated heterocycles. The minimum absolute atomic E-state index is 0.453. The number of hydrogen-bond donors (Lipinski definition) is 0. The molecule has 0 atom stereocenters. The molecule has 1 heterocycles. The Morgan fingerprint density at radius 2 is 1.73 bits per heavy atom. The minimum atomic E-state index is 0.453. The maximum atomic E-state index is 2.38. The highest BCUT2D eigenvalue weighted by Crippen LogP contribution is 2.31. The first-order chi connectivity index (χ1) is 4.99. The van der Waals surface area contributed by atoms with Crippen LogP contribution >= 0.6 is 0 Å². The molecule has 66 valence electrons. The van der Waals surface area contributed by atoms with Gasteiger partial charge in [-0.2, -0.15) is 0 Å². The predicted octanol–water partition coefficient (Wildman–Crippen LogP) is 0.888. The molecule has 2 nitrogen and oxygen atoms in total. The van der Waals surface area contributed by atoms with Gasteiger partial charge < -0.3 is 9.80 Å². The van der Waals surface area contributed by atoms with Gasteiger partial charge in [-0.1, -0.05) is 13.8 Å². The molecule has 1 aliphatic heterocycles. The Bertz CT molecular complexity index is 124. The van der Waals surface area contributed by atoms with Crippen LogP contribution in [0.4, 0.5) is 0 Å². The van der Waals surface area contributed by atoms with E-state index in [4.69, 9.17) is 0 Å². The zero-order valence-electron chi connectivity index (χ0n) is 8.39. The monoisotopic (exact) mass is 156 g/mol. The molecule has 11 heavy (non-hydrogen) atoms. The van der Waals surface area contributed by atoms with E-state index in [1.165, 1.54) is 13.1 Å². The summed E-state index contributed by atoms with van der Waals surface area (Å²) < 4.78 is 0. The van der Waals surface area contributed by atoms with Crippen LogP contribution in [0, 0.1) is 5.92 Å². The van der Waals surface area contributed by atoms with Crippen molar-refractivity contribution in [1.29, 1.82) is 0 Å². The number of rotatable bonds is 2. The first kappa shape index (κ1) is 9.01. The molecule has 0 amide bonds. The molecule has 0 N–H and O–H groups in total. The highest BCUT2D eigenvalue weighted by molar-refractivity contribution is 5.03. The van der Waals surface area contributed by atoms with Gasteiger partial charge in [0.2, 0.25) is 0 Å². The fraction of sp³-hybridized carbons (Fsp3) is 1.00. The molecular formula is C9H20N2. The maximum Gasteiger partial charge on any atom is 0.0480 e. The zero-order valence-corrected chi connectivity index (χ0v) is 8.39. The molecular weight excluding hydrogens is 136 g/mol.